The molecule has 3 nitrogen and oxygen atoms in total. The van der Waals surface area contributed by atoms with Crippen LogP contribution in [0.1, 0.15) is 35.1 Å². The number of rotatable bonds is 9. The summed E-state index contributed by atoms with van der Waals surface area (Å²) in [7, 11) is 1.67. The molecule has 0 fully saturated rings. The average molecular weight is 448 g/mol. The molecule has 0 aliphatic heterocycles. The summed E-state index contributed by atoms with van der Waals surface area (Å²) in [6, 6.07) is 38.8. The van der Waals surface area contributed by atoms with Crippen LogP contribution in [-0.2, 0) is 11.3 Å². The zero-order chi connectivity index (χ0) is 23.6. The summed E-state index contributed by atoms with van der Waals surface area (Å²) in [5.74, 6) is 0.858. The van der Waals surface area contributed by atoms with Crippen LogP contribution >= 0.6 is 0 Å². The minimum atomic E-state index is 0.0411. The van der Waals surface area contributed by atoms with Crippen molar-refractivity contribution >= 4 is 17.1 Å². The summed E-state index contributed by atoms with van der Waals surface area (Å²) in [5.41, 5.74) is 6.70. The molecule has 0 radical (unpaired) electrons. The molecule has 170 valence electrons. The number of ether oxygens (including phenoxy) is 1. The normalized spacial score (nSPS) is 11.4. The van der Waals surface area contributed by atoms with E-state index in [9.17, 15) is 4.79 Å². The van der Waals surface area contributed by atoms with Crippen LogP contribution < -0.4 is 10.1 Å². The van der Waals surface area contributed by atoms with Crippen molar-refractivity contribution in [3.63, 3.8) is 0 Å². The summed E-state index contributed by atoms with van der Waals surface area (Å²) >= 11 is 0. The van der Waals surface area contributed by atoms with Crippen molar-refractivity contribution in [2.24, 2.45) is 0 Å². The molecule has 0 spiro atoms. The van der Waals surface area contributed by atoms with Gasteiger partial charge in [0.05, 0.1) is 7.11 Å². The molecule has 0 bridgehead atoms. The molecule has 4 rings (SSSR count). The molecule has 4 aromatic carbocycles. The van der Waals surface area contributed by atoms with Crippen molar-refractivity contribution < 1.29 is 9.53 Å². The molecular formula is C31H29NO2. The Morgan fingerprint density at radius 1 is 0.647 bits per heavy atom. The van der Waals surface area contributed by atoms with E-state index in [-0.39, 0.29) is 5.91 Å². The zero-order valence-electron chi connectivity index (χ0n) is 19.4. The maximum Gasteiger partial charge on any atom is 0.220 e. The smallest absolute Gasteiger partial charge is 0.220 e. The van der Waals surface area contributed by atoms with E-state index in [0.29, 0.717) is 19.4 Å². The molecule has 0 heterocycles. The molecule has 0 unspecified atom stereocenters. The Hall–Kier alpha value is -4.11. The minimum absolute atomic E-state index is 0.0411. The number of carbonyl (C=O) groups excluding carboxylic acids is 1. The Balaban J connectivity index is 1.68. The number of benzene rings is 4. The lowest BCUT2D eigenvalue weighted by Gasteiger charge is -2.18. The summed E-state index contributed by atoms with van der Waals surface area (Å²) < 4.78 is 5.37. The van der Waals surface area contributed by atoms with Crippen molar-refractivity contribution in [2.45, 2.75) is 19.4 Å². The van der Waals surface area contributed by atoms with Crippen LogP contribution in [0.15, 0.2) is 115 Å². The summed E-state index contributed by atoms with van der Waals surface area (Å²) in [6.07, 6.45) is 1.03. The number of hydrogen-bond donors (Lipinski definition) is 1. The first-order chi connectivity index (χ1) is 16.7. The number of allylic oxidation sites excluding steroid dienone is 1. The molecule has 0 aromatic heterocycles. The lowest BCUT2D eigenvalue weighted by molar-refractivity contribution is -0.121. The number of nitrogens with one attached hydrogen (secondary N) is 1. The van der Waals surface area contributed by atoms with Gasteiger partial charge in [-0.1, -0.05) is 103 Å². The van der Waals surface area contributed by atoms with E-state index in [0.717, 1.165) is 39.1 Å². The first-order valence-electron chi connectivity index (χ1n) is 11.5. The minimum Gasteiger partial charge on any atom is -0.497 e. The van der Waals surface area contributed by atoms with Crippen LogP contribution in [0, 0.1) is 0 Å². The molecule has 0 saturated carbocycles. The highest BCUT2D eigenvalue weighted by Crippen LogP contribution is 2.35. The van der Waals surface area contributed by atoms with Gasteiger partial charge in [-0.05, 0) is 52.0 Å². The van der Waals surface area contributed by atoms with E-state index >= 15 is 0 Å². The van der Waals surface area contributed by atoms with Crippen molar-refractivity contribution in [1.29, 1.82) is 0 Å². The van der Waals surface area contributed by atoms with Crippen LogP contribution in [-0.4, -0.2) is 13.0 Å². The number of hydrogen-bond acceptors (Lipinski definition) is 2. The highest BCUT2D eigenvalue weighted by Gasteiger charge is 2.16. The molecule has 0 saturated heterocycles. The number of methoxy groups -OCH3 is 1. The van der Waals surface area contributed by atoms with Crippen LogP contribution in [0.4, 0.5) is 0 Å². The quantitative estimate of drug-likeness (QED) is 0.288. The Kier molecular flexibility index (Phi) is 7.91. The molecule has 0 aliphatic carbocycles. The second kappa shape index (κ2) is 11.7. The molecule has 3 heteroatoms. The molecule has 0 atom stereocenters. The van der Waals surface area contributed by atoms with E-state index in [1.165, 1.54) is 0 Å². The summed E-state index contributed by atoms with van der Waals surface area (Å²) in [4.78, 5) is 12.8. The highest BCUT2D eigenvalue weighted by molar-refractivity contribution is 5.99. The fourth-order valence-corrected chi connectivity index (χ4v) is 4.05. The van der Waals surface area contributed by atoms with Gasteiger partial charge in [-0.25, -0.2) is 0 Å². The predicted molar refractivity (Wildman–Crippen MR) is 139 cm³/mol. The molecule has 0 aliphatic rings. The van der Waals surface area contributed by atoms with Crippen molar-refractivity contribution in [2.75, 3.05) is 7.11 Å². The lowest BCUT2D eigenvalue weighted by atomic mass is 9.87. The topological polar surface area (TPSA) is 38.3 Å². The van der Waals surface area contributed by atoms with Crippen molar-refractivity contribution in [3.8, 4) is 5.75 Å². The van der Waals surface area contributed by atoms with Crippen LogP contribution in [0.25, 0.3) is 11.1 Å². The zero-order valence-corrected chi connectivity index (χ0v) is 19.4. The first kappa shape index (κ1) is 23.1. The van der Waals surface area contributed by atoms with E-state index in [1.807, 2.05) is 78.9 Å². The third-order valence-corrected chi connectivity index (χ3v) is 5.80. The van der Waals surface area contributed by atoms with Crippen LogP contribution in [0.5, 0.6) is 5.75 Å². The van der Waals surface area contributed by atoms with Crippen molar-refractivity contribution in [3.05, 3.63) is 138 Å². The predicted octanol–water partition coefficient (Wildman–Crippen LogP) is 6.75. The number of carbonyl (C=O) groups is 1. The van der Waals surface area contributed by atoms with E-state index in [4.69, 9.17) is 4.74 Å². The number of amides is 1. The third-order valence-electron chi connectivity index (χ3n) is 5.80. The molecule has 34 heavy (non-hydrogen) atoms. The van der Waals surface area contributed by atoms with Crippen LogP contribution in [0.3, 0.4) is 0 Å². The van der Waals surface area contributed by atoms with Crippen LogP contribution in [0.2, 0.25) is 0 Å². The molecule has 1 N–H and O–H groups in total. The van der Waals surface area contributed by atoms with Gasteiger partial charge < -0.3 is 10.1 Å². The Bertz CT molecular complexity index is 1210. The average Bonchev–Trinajstić information content (AvgIpc) is 2.91. The first-order valence-corrected chi connectivity index (χ1v) is 11.5. The lowest BCUT2D eigenvalue weighted by Crippen LogP contribution is -2.22. The molecule has 1 amide bonds. The fraction of sp³-hybridized carbons (Fsp3) is 0.129. The van der Waals surface area contributed by atoms with Gasteiger partial charge in [0.2, 0.25) is 5.91 Å². The Labute approximate surface area is 201 Å². The largest absolute Gasteiger partial charge is 0.497 e. The van der Waals surface area contributed by atoms with Gasteiger partial charge in [0, 0.05) is 13.0 Å². The van der Waals surface area contributed by atoms with Gasteiger partial charge in [0.1, 0.15) is 5.75 Å². The van der Waals surface area contributed by atoms with Gasteiger partial charge >= 0.3 is 0 Å². The highest BCUT2D eigenvalue weighted by atomic mass is 16.5. The summed E-state index contributed by atoms with van der Waals surface area (Å²) in [5, 5.41) is 3.06. The van der Waals surface area contributed by atoms with Crippen molar-refractivity contribution in [1.82, 2.24) is 5.32 Å². The van der Waals surface area contributed by atoms with Gasteiger partial charge in [-0.15, -0.1) is 0 Å². The van der Waals surface area contributed by atoms with E-state index < -0.39 is 0 Å². The van der Waals surface area contributed by atoms with Gasteiger partial charge in [0.25, 0.3) is 0 Å². The fourth-order valence-electron chi connectivity index (χ4n) is 4.05. The Morgan fingerprint density at radius 3 is 1.76 bits per heavy atom. The van der Waals surface area contributed by atoms with E-state index in [1.54, 1.807) is 7.11 Å². The monoisotopic (exact) mass is 447 g/mol. The van der Waals surface area contributed by atoms with Gasteiger partial charge in [0.15, 0.2) is 0 Å². The molecule has 4 aromatic rings. The van der Waals surface area contributed by atoms with Gasteiger partial charge in [-0.3, -0.25) is 4.79 Å². The standard InChI is InChI=1S/C31H29NO2/c1-34-28-19-17-27(18-20-28)31(26-15-9-4-10-16-26)29(25-13-7-3-8-14-25)21-22-30(33)32-23-24-11-5-2-6-12-24/h2-20H,21-23H2,1H3,(H,32,33)/b31-29-. The SMILES string of the molecule is COc1ccc(/C(=C(/CCC(=O)NCc2ccccc2)c2ccccc2)c2ccccc2)cc1. The Morgan fingerprint density at radius 2 is 1.18 bits per heavy atom. The maximum atomic E-state index is 12.8. The maximum absolute atomic E-state index is 12.8. The third kappa shape index (κ3) is 6.02. The summed E-state index contributed by atoms with van der Waals surface area (Å²) in [6.45, 7) is 0.536. The second-order valence-corrected chi connectivity index (χ2v) is 8.08. The van der Waals surface area contributed by atoms with Gasteiger partial charge in [-0.2, -0.15) is 0 Å². The molecular weight excluding hydrogens is 418 g/mol. The van der Waals surface area contributed by atoms with E-state index in [2.05, 4.69) is 41.7 Å². The second-order valence-electron chi connectivity index (χ2n) is 8.08.